The molecule has 0 bridgehead atoms. The van der Waals surface area contributed by atoms with E-state index in [0.29, 0.717) is 12.5 Å². The molecule has 0 amide bonds. The van der Waals surface area contributed by atoms with Crippen LogP contribution in [0.1, 0.15) is 32.8 Å². The van der Waals surface area contributed by atoms with Gasteiger partial charge < -0.3 is 15.5 Å². The molecule has 0 aliphatic carbocycles. The molecule has 2 N–H and O–H groups in total. The van der Waals surface area contributed by atoms with Gasteiger partial charge in [0.15, 0.2) is 5.96 Å². The number of guanidine groups is 1. The van der Waals surface area contributed by atoms with E-state index in [9.17, 15) is 0 Å². The van der Waals surface area contributed by atoms with Crippen molar-refractivity contribution in [3.63, 3.8) is 0 Å². The van der Waals surface area contributed by atoms with Crippen molar-refractivity contribution in [2.75, 3.05) is 31.1 Å². The summed E-state index contributed by atoms with van der Waals surface area (Å²) in [6.45, 7) is 11.2. The predicted octanol–water partition coefficient (Wildman–Crippen LogP) is 3.78. The van der Waals surface area contributed by atoms with E-state index in [-0.39, 0.29) is 24.0 Å². The molecule has 1 aliphatic heterocycles. The zero-order valence-electron chi connectivity index (χ0n) is 15.1. The van der Waals surface area contributed by atoms with Gasteiger partial charge in [-0.3, -0.25) is 0 Å². The summed E-state index contributed by atoms with van der Waals surface area (Å²) in [5.41, 5.74) is 2.52. The Morgan fingerprint density at radius 3 is 2.38 bits per heavy atom. The summed E-state index contributed by atoms with van der Waals surface area (Å²) in [5.74, 6) is 1.61. The number of nitrogens with one attached hydrogen (secondary N) is 2. The standard InChI is InChI=1S/C19H30N4.HI/c1-4-20-19(21-12-11-16(2)3)22-15-17-7-9-18(10-8-17)23-13-5-6-14-23;/h5-10,16H,4,11-15H2,1-3H3,(H2,20,21,22);1H. The zero-order valence-corrected chi connectivity index (χ0v) is 17.4. The highest BCUT2D eigenvalue weighted by Gasteiger charge is 2.07. The number of nitrogens with zero attached hydrogens (tertiary/aromatic N) is 2. The molecular formula is C19H31IN4. The molecule has 0 atom stereocenters. The van der Waals surface area contributed by atoms with Crippen LogP contribution in [-0.2, 0) is 6.54 Å². The molecule has 0 radical (unpaired) electrons. The average Bonchev–Trinajstić information content (AvgIpc) is 3.07. The Hall–Kier alpha value is -1.24. The molecular weight excluding hydrogens is 411 g/mol. The topological polar surface area (TPSA) is 39.7 Å². The van der Waals surface area contributed by atoms with E-state index in [1.54, 1.807) is 0 Å². The van der Waals surface area contributed by atoms with Crippen LogP contribution in [0.4, 0.5) is 5.69 Å². The summed E-state index contributed by atoms with van der Waals surface area (Å²) in [6.07, 6.45) is 5.58. The van der Waals surface area contributed by atoms with Crippen LogP contribution in [0, 0.1) is 5.92 Å². The molecule has 0 saturated carbocycles. The third-order valence-corrected chi connectivity index (χ3v) is 3.90. The summed E-state index contributed by atoms with van der Waals surface area (Å²) >= 11 is 0. The van der Waals surface area contributed by atoms with Crippen molar-refractivity contribution in [1.82, 2.24) is 10.6 Å². The number of aliphatic imine (C=N–C) groups is 1. The highest BCUT2D eigenvalue weighted by atomic mass is 127. The van der Waals surface area contributed by atoms with Crippen LogP contribution in [0.15, 0.2) is 41.4 Å². The van der Waals surface area contributed by atoms with Gasteiger partial charge in [-0.15, -0.1) is 24.0 Å². The van der Waals surface area contributed by atoms with Crippen LogP contribution in [0.25, 0.3) is 0 Å². The Balaban J connectivity index is 0.00000288. The smallest absolute Gasteiger partial charge is 0.191 e. The molecule has 4 nitrogen and oxygen atoms in total. The number of hydrogen-bond donors (Lipinski definition) is 2. The van der Waals surface area contributed by atoms with Crippen LogP contribution < -0.4 is 15.5 Å². The Morgan fingerprint density at radius 1 is 1.12 bits per heavy atom. The van der Waals surface area contributed by atoms with E-state index < -0.39 is 0 Å². The minimum absolute atomic E-state index is 0. The van der Waals surface area contributed by atoms with Crippen molar-refractivity contribution >= 4 is 35.6 Å². The van der Waals surface area contributed by atoms with Crippen molar-refractivity contribution in [3.05, 3.63) is 42.0 Å². The van der Waals surface area contributed by atoms with Gasteiger partial charge in [0.1, 0.15) is 0 Å². The second-order valence-corrected chi connectivity index (χ2v) is 6.35. The molecule has 1 aromatic carbocycles. The molecule has 2 rings (SSSR count). The first-order valence-corrected chi connectivity index (χ1v) is 8.70. The predicted molar refractivity (Wildman–Crippen MR) is 115 cm³/mol. The average molecular weight is 442 g/mol. The van der Waals surface area contributed by atoms with Gasteiger partial charge in [0.25, 0.3) is 0 Å². The maximum absolute atomic E-state index is 4.68. The first-order chi connectivity index (χ1) is 11.2. The van der Waals surface area contributed by atoms with Gasteiger partial charge in [0.05, 0.1) is 6.54 Å². The van der Waals surface area contributed by atoms with Gasteiger partial charge in [-0.25, -0.2) is 4.99 Å². The van der Waals surface area contributed by atoms with E-state index in [4.69, 9.17) is 0 Å². The van der Waals surface area contributed by atoms with E-state index in [2.05, 4.69) is 77.7 Å². The SMILES string of the molecule is CCNC(=NCc1ccc(N2CC=CC2)cc1)NCCC(C)C.I. The van der Waals surface area contributed by atoms with E-state index >= 15 is 0 Å². The third kappa shape index (κ3) is 7.11. The Bertz CT molecular complexity index is 515. The summed E-state index contributed by atoms with van der Waals surface area (Å²) in [6, 6.07) is 8.73. The largest absolute Gasteiger partial charge is 0.364 e. The number of benzene rings is 1. The lowest BCUT2D eigenvalue weighted by Crippen LogP contribution is -2.38. The third-order valence-electron chi connectivity index (χ3n) is 3.90. The minimum atomic E-state index is 0. The zero-order chi connectivity index (χ0) is 16.5. The fraction of sp³-hybridized carbons (Fsp3) is 0.526. The Morgan fingerprint density at radius 2 is 1.79 bits per heavy atom. The maximum Gasteiger partial charge on any atom is 0.191 e. The summed E-state index contributed by atoms with van der Waals surface area (Å²) in [4.78, 5) is 7.03. The van der Waals surface area contributed by atoms with Crippen molar-refractivity contribution < 1.29 is 0 Å². The fourth-order valence-electron chi connectivity index (χ4n) is 2.49. The van der Waals surface area contributed by atoms with E-state index in [1.807, 2.05) is 0 Å². The quantitative estimate of drug-likeness (QED) is 0.292. The van der Waals surface area contributed by atoms with E-state index in [0.717, 1.165) is 38.6 Å². The Kier molecular flexibility index (Phi) is 9.83. The molecule has 5 heteroatoms. The molecule has 0 saturated heterocycles. The molecule has 0 fully saturated rings. The van der Waals surface area contributed by atoms with Gasteiger partial charge >= 0.3 is 0 Å². The summed E-state index contributed by atoms with van der Waals surface area (Å²) in [5, 5.41) is 6.71. The first-order valence-electron chi connectivity index (χ1n) is 8.70. The van der Waals surface area contributed by atoms with Gasteiger partial charge in [0, 0.05) is 31.9 Å². The highest BCUT2D eigenvalue weighted by molar-refractivity contribution is 14.0. The van der Waals surface area contributed by atoms with Crippen molar-refractivity contribution in [2.24, 2.45) is 10.9 Å². The lowest BCUT2D eigenvalue weighted by Gasteiger charge is -2.17. The number of hydrogen-bond acceptors (Lipinski definition) is 2. The van der Waals surface area contributed by atoms with Crippen molar-refractivity contribution in [2.45, 2.75) is 33.7 Å². The molecule has 1 aromatic rings. The van der Waals surface area contributed by atoms with E-state index in [1.165, 1.54) is 11.3 Å². The summed E-state index contributed by atoms with van der Waals surface area (Å²) < 4.78 is 0. The second-order valence-electron chi connectivity index (χ2n) is 6.35. The molecule has 0 spiro atoms. The minimum Gasteiger partial charge on any atom is -0.364 e. The Labute approximate surface area is 163 Å². The lowest BCUT2D eigenvalue weighted by atomic mass is 10.1. The second kappa shape index (κ2) is 11.3. The van der Waals surface area contributed by atoms with Gasteiger partial charge in [-0.2, -0.15) is 0 Å². The molecule has 24 heavy (non-hydrogen) atoms. The van der Waals surface area contributed by atoms with Crippen LogP contribution in [0.3, 0.4) is 0 Å². The van der Waals surface area contributed by atoms with Gasteiger partial charge in [-0.1, -0.05) is 38.1 Å². The first kappa shape index (κ1) is 20.8. The number of halogens is 1. The lowest BCUT2D eigenvalue weighted by molar-refractivity contribution is 0.573. The monoisotopic (exact) mass is 442 g/mol. The number of anilines is 1. The molecule has 1 aliphatic rings. The maximum atomic E-state index is 4.68. The number of rotatable bonds is 7. The molecule has 1 heterocycles. The van der Waals surface area contributed by atoms with Crippen LogP contribution in [0.2, 0.25) is 0 Å². The normalized spacial score (nSPS) is 14.0. The van der Waals surface area contributed by atoms with Crippen molar-refractivity contribution in [3.8, 4) is 0 Å². The highest BCUT2D eigenvalue weighted by Crippen LogP contribution is 2.17. The van der Waals surface area contributed by atoms with Crippen LogP contribution in [0.5, 0.6) is 0 Å². The summed E-state index contributed by atoms with van der Waals surface area (Å²) in [7, 11) is 0. The van der Waals surface area contributed by atoms with Gasteiger partial charge in [-0.05, 0) is 37.0 Å². The van der Waals surface area contributed by atoms with Crippen molar-refractivity contribution in [1.29, 1.82) is 0 Å². The molecule has 0 aromatic heterocycles. The molecule has 0 unspecified atom stereocenters. The fourth-order valence-corrected chi connectivity index (χ4v) is 2.49. The van der Waals surface area contributed by atoms with Gasteiger partial charge in [0.2, 0.25) is 0 Å². The van der Waals surface area contributed by atoms with Crippen LogP contribution in [-0.4, -0.2) is 32.1 Å². The van der Waals surface area contributed by atoms with Crippen LogP contribution >= 0.6 is 24.0 Å². The molecule has 134 valence electrons.